The Bertz CT molecular complexity index is 1370. The van der Waals surface area contributed by atoms with Crippen molar-refractivity contribution in [3.05, 3.63) is 41.7 Å². The lowest BCUT2D eigenvalue weighted by Gasteiger charge is -2.27. The minimum Gasteiger partial charge on any atom is -0.480 e. The second-order valence-corrected chi connectivity index (χ2v) is 11.2. The minimum absolute atomic E-state index is 0.0969. The Morgan fingerprint density at radius 1 is 1.30 bits per heavy atom. The molecule has 3 aromatic rings. The summed E-state index contributed by atoms with van der Waals surface area (Å²) in [6.45, 7) is 3.79. The molecule has 2 fully saturated rings. The van der Waals surface area contributed by atoms with E-state index in [0.29, 0.717) is 10.8 Å². The molecule has 1 aromatic carbocycles. The average Bonchev–Trinajstić information content (AvgIpc) is 3.61. The minimum atomic E-state index is -2.48. The van der Waals surface area contributed by atoms with Gasteiger partial charge in [0.2, 0.25) is 5.91 Å². The number of amides is 1. The van der Waals surface area contributed by atoms with Gasteiger partial charge in [-0.05, 0) is 54.8 Å². The lowest BCUT2D eigenvalue weighted by atomic mass is 9.96. The van der Waals surface area contributed by atoms with Gasteiger partial charge in [-0.1, -0.05) is 17.4 Å². The van der Waals surface area contributed by atoms with E-state index < -0.39 is 35.2 Å². The van der Waals surface area contributed by atoms with Gasteiger partial charge in [0.15, 0.2) is 5.13 Å². The van der Waals surface area contributed by atoms with Crippen LogP contribution in [0.15, 0.2) is 30.6 Å². The van der Waals surface area contributed by atoms with E-state index in [2.05, 4.69) is 14.9 Å². The molecule has 4 heterocycles. The molecule has 2 aliphatic rings. The number of hydrogen-bond donors (Lipinski definition) is 3. The third-order valence-electron chi connectivity index (χ3n) is 7.06. The zero-order valence-corrected chi connectivity index (χ0v) is 21.9. The molecule has 0 saturated carbocycles. The van der Waals surface area contributed by atoms with E-state index in [4.69, 9.17) is 5.73 Å². The molecule has 2 saturated heterocycles. The molecule has 196 valence electrons. The molecular weight excluding hydrogens is 516 g/mol. The predicted molar refractivity (Wildman–Crippen MR) is 143 cm³/mol. The maximum atomic E-state index is 13.5. The number of benzene rings is 1. The summed E-state index contributed by atoms with van der Waals surface area (Å²) in [6, 6.07) is 3.48. The van der Waals surface area contributed by atoms with Crippen molar-refractivity contribution in [2.75, 3.05) is 34.6 Å². The van der Waals surface area contributed by atoms with Crippen LogP contribution in [0.5, 0.6) is 0 Å². The number of anilines is 3. The van der Waals surface area contributed by atoms with Crippen LogP contribution in [-0.2, 0) is 27.3 Å². The van der Waals surface area contributed by atoms with Gasteiger partial charge in [-0.2, -0.15) is 0 Å². The predicted octanol–water partition coefficient (Wildman–Crippen LogP) is 2.42. The molecule has 2 aliphatic heterocycles. The molecule has 1 amide bonds. The van der Waals surface area contributed by atoms with Gasteiger partial charge in [-0.3, -0.25) is 9.35 Å². The first kappa shape index (κ1) is 25.4. The Balaban J connectivity index is 1.39. The van der Waals surface area contributed by atoms with E-state index in [1.165, 1.54) is 22.4 Å². The van der Waals surface area contributed by atoms with E-state index in [-0.39, 0.29) is 19.4 Å². The molecule has 0 aliphatic carbocycles. The number of likely N-dealkylation sites (tertiary alicyclic amines) is 1. The van der Waals surface area contributed by atoms with Crippen molar-refractivity contribution >= 4 is 61.2 Å². The van der Waals surface area contributed by atoms with E-state index in [0.717, 1.165) is 57.3 Å². The molecular formula is C24H28N6O5S2. The summed E-state index contributed by atoms with van der Waals surface area (Å²) >= 11 is -1.22. The summed E-state index contributed by atoms with van der Waals surface area (Å²) in [5, 5.41) is 12.9. The molecule has 11 nitrogen and oxygen atoms in total. The van der Waals surface area contributed by atoms with E-state index in [1.54, 1.807) is 12.3 Å². The quantitative estimate of drug-likeness (QED) is 0.363. The summed E-state index contributed by atoms with van der Waals surface area (Å²) in [7, 11) is 0. The van der Waals surface area contributed by atoms with Crippen molar-refractivity contribution < 1.29 is 23.5 Å². The standard InChI is InChI=1S/C24H28N6O5S2/c1-14-10-17-15(4-6-26-21(17)25)11-16(14)12-19(23(32)33)29-9-5-18(22(29)31)30(37(34)35)20-13-27-24(36-20)28-7-2-3-8-28/h4,6,10-11,13,18-19H,2-3,5,7-9,12H2,1H3,(H2,25,26)(H,32,33)(H,34,35)/t18-,19+/m0/s1. The third kappa shape index (κ3) is 4.86. The number of aromatic nitrogens is 2. The van der Waals surface area contributed by atoms with Crippen molar-refractivity contribution in [1.82, 2.24) is 14.9 Å². The molecule has 1 unspecified atom stereocenters. The summed E-state index contributed by atoms with van der Waals surface area (Å²) in [5.41, 5.74) is 7.61. The SMILES string of the molecule is Cc1cc2c(N)nccc2cc1C[C@H](C(=O)O)N1CC[C@H](N(c2cnc(N3CCCC3)s2)S(=O)O)C1=O. The van der Waals surface area contributed by atoms with Gasteiger partial charge in [0.05, 0.1) is 6.20 Å². The van der Waals surface area contributed by atoms with Crippen LogP contribution in [0.4, 0.5) is 16.0 Å². The molecule has 5 rings (SSSR count). The average molecular weight is 545 g/mol. The van der Waals surface area contributed by atoms with Crippen LogP contribution in [0.1, 0.15) is 30.4 Å². The van der Waals surface area contributed by atoms with Crippen molar-refractivity contribution in [3.63, 3.8) is 0 Å². The Labute approximate surface area is 220 Å². The van der Waals surface area contributed by atoms with Gasteiger partial charge in [-0.25, -0.2) is 23.3 Å². The maximum absolute atomic E-state index is 13.5. The first-order valence-electron chi connectivity index (χ1n) is 12.0. The smallest absolute Gasteiger partial charge is 0.326 e. The second kappa shape index (κ2) is 10.2. The maximum Gasteiger partial charge on any atom is 0.326 e. The first-order chi connectivity index (χ1) is 17.7. The van der Waals surface area contributed by atoms with Crippen LogP contribution in [0.2, 0.25) is 0 Å². The number of nitrogens with zero attached hydrogens (tertiary/aromatic N) is 5. The Kier molecular flexibility index (Phi) is 7.01. The summed E-state index contributed by atoms with van der Waals surface area (Å²) in [5.74, 6) is -1.22. The topological polar surface area (TPSA) is 153 Å². The highest BCUT2D eigenvalue weighted by atomic mass is 32.2. The van der Waals surface area contributed by atoms with Gasteiger partial charge in [0.25, 0.3) is 11.3 Å². The number of carbonyl (C=O) groups excluding carboxylic acids is 1. The van der Waals surface area contributed by atoms with Crippen LogP contribution in [0.3, 0.4) is 0 Å². The van der Waals surface area contributed by atoms with Gasteiger partial charge < -0.3 is 20.6 Å². The van der Waals surface area contributed by atoms with Crippen LogP contribution in [-0.4, -0.2) is 72.3 Å². The van der Waals surface area contributed by atoms with Crippen LogP contribution < -0.4 is 14.9 Å². The number of carboxylic acids is 1. The molecule has 37 heavy (non-hydrogen) atoms. The van der Waals surface area contributed by atoms with E-state index in [9.17, 15) is 23.5 Å². The molecule has 0 spiro atoms. The van der Waals surface area contributed by atoms with Gasteiger partial charge in [0.1, 0.15) is 22.9 Å². The first-order valence-corrected chi connectivity index (χ1v) is 13.9. The lowest BCUT2D eigenvalue weighted by Crippen LogP contribution is -2.48. The highest BCUT2D eigenvalue weighted by Gasteiger charge is 2.44. The molecule has 2 aromatic heterocycles. The Morgan fingerprint density at radius 2 is 2.05 bits per heavy atom. The number of carboxylic acid groups (broad SMARTS) is 1. The third-order valence-corrected chi connectivity index (χ3v) is 9.03. The summed E-state index contributed by atoms with van der Waals surface area (Å²) in [6.07, 6.45) is 5.56. The fourth-order valence-corrected chi connectivity index (χ4v) is 6.97. The number of pyridine rings is 1. The highest BCUT2D eigenvalue weighted by Crippen LogP contribution is 2.36. The number of aryl methyl sites for hydroxylation is 1. The van der Waals surface area contributed by atoms with Crippen molar-refractivity contribution in [1.29, 1.82) is 0 Å². The Hall–Kier alpha value is -3.29. The number of nitrogens with two attached hydrogens (primary N) is 1. The molecule has 0 radical (unpaired) electrons. The molecule has 0 bridgehead atoms. The number of nitrogen functional groups attached to an aromatic ring is 1. The number of hydrogen-bond acceptors (Lipinski definition) is 8. The van der Waals surface area contributed by atoms with Gasteiger partial charge in [0, 0.05) is 37.6 Å². The number of fused-ring (bicyclic) bond motifs is 1. The van der Waals surface area contributed by atoms with Crippen molar-refractivity contribution in [2.24, 2.45) is 0 Å². The molecule has 13 heteroatoms. The largest absolute Gasteiger partial charge is 0.480 e. The molecule has 4 N–H and O–H groups in total. The van der Waals surface area contributed by atoms with Crippen molar-refractivity contribution in [3.8, 4) is 0 Å². The van der Waals surface area contributed by atoms with Crippen LogP contribution in [0, 0.1) is 6.92 Å². The normalized spacial score (nSPS) is 19.5. The van der Waals surface area contributed by atoms with Crippen LogP contribution >= 0.6 is 11.3 Å². The zero-order chi connectivity index (χ0) is 26.3. The summed E-state index contributed by atoms with van der Waals surface area (Å²) < 4.78 is 23.6. The summed E-state index contributed by atoms with van der Waals surface area (Å²) in [4.78, 5) is 37.8. The van der Waals surface area contributed by atoms with E-state index in [1.807, 2.05) is 19.1 Å². The number of rotatable bonds is 8. The molecule has 3 atom stereocenters. The highest BCUT2D eigenvalue weighted by molar-refractivity contribution is 7.81. The number of thiazole rings is 1. The lowest BCUT2D eigenvalue weighted by molar-refractivity contribution is -0.148. The van der Waals surface area contributed by atoms with E-state index >= 15 is 0 Å². The monoisotopic (exact) mass is 544 g/mol. The van der Waals surface area contributed by atoms with Gasteiger partial charge >= 0.3 is 5.97 Å². The Morgan fingerprint density at radius 3 is 2.76 bits per heavy atom. The van der Waals surface area contributed by atoms with Crippen LogP contribution in [0.25, 0.3) is 10.8 Å². The van der Waals surface area contributed by atoms with Crippen molar-refractivity contribution in [2.45, 2.75) is 44.7 Å². The van der Waals surface area contributed by atoms with Gasteiger partial charge in [-0.15, -0.1) is 0 Å². The second-order valence-electron chi connectivity index (χ2n) is 9.32. The number of aliphatic carboxylic acids is 1. The number of carbonyl (C=O) groups is 2. The fourth-order valence-electron chi connectivity index (χ4n) is 5.12. The fraction of sp³-hybridized carbons (Fsp3) is 0.417. The zero-order valence-electron chi connectivity index (χ0n) is 20.2.